The predicted molar refractivity (Wildman–Crippen MR) is 125 cm³/mol. The predicted octanol–water partition coefficient (Wildman–Crippen LogP) is 6.79. The number of rotatable bonds is 10. The van der Waals surface area contributed by atoms with Gasteiger partial charge in [-0.15, -0.1) is 0 Å². The summed E-state index contributed by atoms with van der Waals surface area (Å²) in [6, 6.07) is 10.4. The van der Waals surface area contributed by atoms with Crippen LogP contribution >= 0.6 is 31.9 Å². The van der Waals surface area contributed by atoms with Crippen molar-refractivity contribution in [2.75, 3.05) is 40.1 Å². The standard InChI is InChI=1S/C13H17BrF2O2.C10H11BrF2O/c1-3-17-9-18-13(7-15,8-16)11-6-10(2)4-5-12(11)14;1-7-2-3-9(11)8(4-7)10(14,5-12)6-13/h4-6H,3,7-9H2,1-2H3;2-4,14H,5-6H2,1H3. The fourth-order valence-electron chi connectivity index (χ4n) is 2.74. The number of benzene rings is 2. The second-order valence-corrected chi connectivity index (χ2v) is 8.99. The molecule has 0 amide bonds. The van der Waals surface area contributed by atoms with Crippen molar-refractivity contribution in [3.63, 3.8) is 0 Å². The van der Waals surface area contributed by atoms with Gasteiger partial charge in [0.1, 0.15) is 39.1 Å². The van der Waals surface area contributed by atoms with E-state index in [4.69, 9.17) is 9.47 Å². The van der Waals surface area contributed by atoms with Gasteiger partial charge in [0, 0.05) is 26.7 Å². The number of hydrogen-bond acceptors (Lipinski definition) is 3. The van der Waals surface area contributed by atoms with Crippen molar-refractivity contribution in [1.29, 1.82) is 0 Å². The zero-order valence-corrected chi connectivity index (χ0v) is 21.4. The first-order valence-electron chi connectivity index (χ1n) is 9.84. The van der Waals surface area contributed by atoms with Crippen LogP contribution in [0, 0.1) is 13.8 Å². The van der Waals surface area contributed by atoms with Crippen molar-refractivity contribution in [1.82, 2.24) is 0 Å². The Morgan fingerprint density at radius 3 is 1.72 bits per heavy atom. The third-order valence-corrected chi connectivity index (χ3v) is 6.12. The number of hydrogen-bond donors (Lipinski definition) is 1. The van der Waals surface area contributed by atoms with E-state index in [0.717, 1.165) is 11.1 Å². The third kappa shape index (κ3) is 7.52. The van der Waals surface area contributed by atoms with Crippen LogP contribution in [-0.4, -0.2) is 45.2 Å². The van der Waals surface area contributed by atoms with E-state index in [0.29, 0.717) is 21.1 Å². The second-order valence-electron chi connectivity index (χ2n) is 7.28. The van der Waals surface area contributed by atoms with E-state index in [1.54, 1.807) is 44.2 Å². The van der Waals surface area contributed by atoms with E-state index in [2.05, 4.69) is 31.9 Å². The molecule has 0 aliphatic heterocycles. The van der Waals surface area contributed by atoms with Crippen LogP contribution < -0.4 is 0 Å². The molecule has 0 atom stereocenters. The van der Waals surface area contributed by atoms with Gasteiger partial charge < -0.3 is 14.6 Å². The van der Waals surface area contributed by atoms with Gasteiger partial charge in [-0.2, -0.15) is 0 Å². The summed E-state index contributed by atoms with van der Waals surface area (Å²) in [5.41, 5.74) is -1.14. The normalized spacial score (nSPS) is 11.8. The Hall–Kier alpha value is -1.00. The molecule has 1 N–H and O–H groups in total. The van der Waals surface area contributed by atoms with Crippen LogP contribution in [0.3, 0.4) is 0 Å². The monoisotopic (exact) mass is 586 g/mol. The van der Waals surface area contributed by atoms with E-state index >= 15 is 0 Å². The molecule has 3 nitrogen and oxygen atoms in total. The van der Waals surface area contributed by atoms with Gasteiger partial charge in [-0.05, 0) is 32.9 Å². The average molecular weight is 588 g/mol. The Labute approximate surface area is 203 Å². The Kier molecular flexibility index (Phi) is 12.4. The Morgan fingerprint density at radius 1 is 0.812 bits per heavy atom. The highest BCUT2D eigenvalue weighted by molar-refractivity contribution is 9.10. The van der Waals surface area contributed by atoms with E-state index < -0.39 is 37.9 Å². The summed E-state index contributed by atoms with van der Waals surface area (Å²) >= 11 is 6.46. The van der Waals surface area contributed by atoms with E-state index in [1.807, 2.05) is 13.0 Å². The molecule has 0 spiro atoms. The zero-order valence-electron chi connectivity index (χ0n) is 18.2. The highest BCUT2D eigenvalue weighted by Crippen LogP contribution is 2.34. The minimum atomic E-state index is -2.02. The lowest BCUT2D eigenvalue weighted by atomic mass is 9.95. The number of alkyl halides is 4. The van der Waals surface area contributed by atoms with Gasteiger partial charge in [-0.3, -0.25) is 0 Å². The van der Waals surface area contributed by atoms with E-state index in [1.165, 1.54) is 0 Å². The molecule has 32 heavy (non-hydrogen) atoms. The lowest BCUT2D eigenvalue weighted by Gasteiger charge is -2.29. The van der Waals surface area contributed by atoms with Gasteiger partial charge in [0.25, 0.3) is 0 Å². The van der Waals surface area contributed by atoms with Crippen molar-refractivity contribution >= 4 is 31.9 Å². The molecule has 2 aromatic carbocycles. The van der Waals surface area contributed by atoms with Gasteiger partial charge in [0.2, 0.25) is 0 Å². The molecule has 0 fully saturated rings. The molecule has 0 unspecified atom stereocenters. The molecule has 2 rings (SSSR count). The van der Waals surface area contributed by atoms with Crippen LogP contribution in [0.5, 0.6) is 0 Å². The third-order valence-electron chi connectivity index (χ3n) is 4.73. The van der Waals surface area contributed by atoms with Crippen LogP contribution in [0.2, 0.25) is 0 Å². The van der Waals surface area contributed by atoms with E-state index in [-0.39, 0.29) is 12.4 Å². The van der Waals surface area contributed by atoms with Crippen LogP contribution in [0.4, 0.5) is 17.6 Å². The van der Waals surface area contributed by atoms with Crippen LogP contribution in [0.15, 0.2) is 45.3 Å². The van der Waals surface area contributed by atoms with Gasteiger partial charge >= 0.3 is 0 Å². The van der Waals surface area contributed by atoms with Crippen molar-refractivity contribution in [3.8, 4) is 0 Å². The van der Waals surface area contributed by atoms with Crippen molar-refractivity contribution in [2.24, 2.45) is 0 Å². The number of ether oxygens (including phenoxy) is 2. The van der Waals surface area contributed by atoms with Gasteiger partial charge in [-0.1, -0.05) is 67.3 Å². The first kappa shape index (κ1) is 29.0. The van der Waals surface area contributed by atoms with Crippen molar-refractivity contribution in [2.45, 2.75) is 32.0 Å². The summed E-state index contributed by atoms with van der Waals surface area (Å²) in [7, 11) is 0. The summed E-state index contributed by atoms with van der Waals surface area (Å²) in [4.78, 5) is 0. The molecule has 0 aromatic heterocycles. The molecular formula is C23H28Br2F4O3. The maximum absolute atomic E-state index is 13.3. The molecule has 0 saturated carbocycles. The van der Waals surface area contributed by atoms with Gasteiger partial charge in [-0.25, -0.2) is 17.6 Å². The highest BCUT2D eigenvalue weighted by atomic mass is 79.9. The Bertz CT molecular complexity index is 844. The summed E-state index contributed by atoms with van der Waals surface area (Å²) in [5, 5.41) is 9.63. The summed E-state index contributed by atoms with van der Waals surface area (Å²) in [6.45, 7) is 1.59. The second kappa shape index (κ2) is 13.6. The van der Waals surface area contributed by atoms with E-state index in [9.17, 15) is 22.7 Å². The molecule has 0 heterocycles. The quantitative estimate of drug-likeness (QED) is 0.189. The lowest BCUT2D eigenvalue weighted by Crippen LogP contribution is -2.36. The molecule has 9 heteroatoms. The lowest BCUT2D eigenvalue weighted by molar-refractivity contribution is -0.160. The Balaban J connectivity index is 0.000000330. The number of aliphatic hydroxyl groups is 1. The highest BCUT2D eigenvalue weighted by Gasteiger charge is 2.36. The topological polar surface area (TPSA) is 38.7 Å². The molecule has 0 aliphatic rings. The average Bonchev–Trinajstić information content (AvgIpc) is 2.80. The maximum atomic E-state index is 13.3. The SMILES string of the molecule is CCOCOC(CF)(CF)c1cc(C)ccc1Br.Cc1ccc(Br)c(C(O)(CF)CF)c1. The largest absolute Gasteiger partial charge is 0.380 e. The molecule has 0 aliphatic carbocycles. The first-order valence-corrected chi connectivity index (χ1v) is 11.4. The summed E-state index contributed by atoms with van der Waals surface area (Å²) in [5.74, 6) is 0. The molecular weight excluding hydrogens is 560 g/mol. The molecule has 0 radical (unpaired) electrons. The van der Waals surface area contributed by atoms with Crippen molar-refractivity contribution < 1.29 is 32.1 Å². The molecule has 0 bridgehead atoms. The fraction of sp³-hybridized carbons (Fsp3) is 0.478. The minimum Gasteiger partial charge on any atom is -0.380 e. The first-order chi connectivity index (χ1) is 15.1. The fourth-order valence-corrected chi connectivity index (χ4v) is 3.96. The number of aryl methyl sites for hydroxylation is 2. The smallest absolute Gasteiger partial charge is 0.153 e. The molecule has 0 saturated heterocycles. The van der Waals surface area contributed by atoms with Gasteiger partial charge in [0.15, 0.2) is 5.60 Å². The van der Waals surface area contributed by atoms with Crippen LogP contribution in [0.1, 0.15) is 29.2 Å². The number of halogens is 6. The molecule has 2 aromatic rings. The maximum Gasteiger partial charge on any atom is 0.153 e. The minimum absolute atomic E-state index is 0.134. The van der Waals surface area contributed by atoms with Crippen LogP contribution in [0.25, 0.3) is 0 Å². The van der Waals surface area contributed by atoms with Gasteiger partial charge in [0.05, 0.1) is 0 Å². The molecule has 180 valence electrons. The zero-order chi connectivity index (χ0) is 24.4. The Morgan fingerprint density at radius 2 is 1.28 bits per heavy atom. The summed E-state index contributed by atoms with van der Waals surface area (Å²) in [6.07, 6.45) is 0. The van der Waals surface area contributed by atoms with Crippen molar-refractivity contribution in [3.05, 3.63) is 67.6 Å². The van der Waals surface area contributed by atoms with Crippen LogP contribution in [-0.2, 0) is 20.7 Å². The summed E-state index contributed by atoms with van der Waals surface area (Å²) < 4.78 is 63.1.